The van der Waals surface area contributed by atoms with Crippen LogP contribution in [-0.4, -0.2) is 12.4 Å². The van der Waals surface area contributed by atoms with E-state index < -0.39 is 0 Å². The van der Waals surface area contributed by atoms with E-state index in [-0.39, 0.29) is 0 Å². The first-order valence-electron chi connectivity index (χ1n) is 4.15. The largest absolute Gasteiger partial charge is 0.303 e. The Kier molecular flexibility index (Phi) is 4.05. The van der Waals surface area contributed by atoms with E-state index in [9.17, 15) is 9.59 Å². The highest BCUT2D eigenvalue weighted by Gasteiger charge is 1.89. The van der Waals surface area contributed by atoms with Gasteiger partial charge in [0.1, 0.15) is 6.29 Å². The molecule has 3 nitrogen and oxygen atoms in total. The maximum atomic E-state index is 10.0. The Balaban J connectivity index is 2.82. The molecule has 0 unspecified atom stereocenters. The maximum absolute atomic E-state index is 10.0. The molecular formula is C11H9NO2. The van der Waals surface area contributed by atoms with Gasteiger partial charge in [-0.25, -0.2) is 4.79 Å². The van der Waals surface area contributed by atoms with Gasteiger partial charge in [-0.05, 0) is 17.7 Å². The lowest BCUT2D eigenvalue weighted by Crippen LogP contribution is -1.72. The summed E-state index contributed by atoms with van der Waals surface area (Å²) in [5.74, 6) is 0. The topological polar surface area (TPSA) is 46.5 Å². The van der Waals surface area contributed by atoms with Crippen LogP contribution in [-0.2, 0) is 9.59 Å². The molecule has 14 heavy (non-hydrogen) atoms. The van der Waals surface area contributed by atoms with E-state index >= 15 is 0 Å². The minimum Gasteiger partial charge on any atom is -0.303 e. The van der Waals surface area contributed by atoms with Crippen molar-refractivity contribution >= 4 is 24.1 Å². The van der Waals surface area contributed by atoms with Crippen LogP contribution >= 0.6 is 0 Å². The third-order valence-corrected chi connectivity index (χ3v) is 1.59. The Hall–Kier alpha value is -1.99. The SMILES string of the molecule is O=C=Nc1cccc(C=CCC=O)c1. The smallest absolute Gasteiger partial charge is 0.240 e. The van der Waals surface area contributed by atoms with Gasteiger partial charge in [-0.1, -0.05) is 24.3 Å². The number of isocyanates is 1. The molecule has 3 heteroatoms. The van der Waals surface area contributed by atoms with Crippen molar-refractivity contribution in [3.63, 3.8) is 0 Å². The van der Waals surface area contributed by atoms with Gasteiger partial charge in [0.2, 0.25) is 6.08 Å². The highest BCUT2D eigenvalue weighted by Crippen LogP contribution is 2.14. The van der Waals surface area contributed by atoms with Gasteiger partial charge in [0, 0.05) is 6.42 Å². The second-order valence-electron chi connectivity index (χ2n) is 2.60. The fourth-order valence-electron chi connectivity index (χ4n) is 1.01. The van der Waals surface area contributed by atoms with Crippen LogP contribution in [0.5, 0.6) is 0 Å². The molecule has 1 aromatic rings. The number of carbonyl (C=O) groups excluding carboxylic acids is 2. The number of hydrogen-bond acceptors (Lipinski definition) is 3. The Morgan fingerprint density at radius 1 is 1.43 bits per heavy atom. The zero-order valence-electron chi connectivity index (χ0n) is 7.51. The molecule has 0 radical (unpaired) electrons. The Morgan fingerprint density at radius 2 is 2.29 bits per heavy atom. The van der Waals surface area contributed by atoms with Crippen LogP contribution in [0.15, 0.2) is 35.3 Å². The quantitative estimate of drug-likeness (QED) is 0.412. The van der Waals surface area contributed by atoms with Crippen LogP contribution in [0, 0.1) is 0 Å². The molecule has 0 aliphatic rings. The molecule has 0 atom stereocenters. The van der Waals surface area contributed by atoms with E-state index in [1.165, 1.54) is 6.08 Å². The van der Waals surface area contributed by atoms with Crippen molar-refractivity contribution in [2.24, 2.45) is 4.99 Å². The molecule has 0 amide bonds. The van der Waals surface area contributed by atoms with E-state index in [0.29, 0.717) is 12.1 Å². The number of nitrogens with zero attached hydrogens (tertiary/aromatic N) is 1. The zero-order chi connectivity index (χ0) is 10.2. The molecule has 0 N–H and O–H groups in total. The lowest BCUT2D eigenvalue weighted by atomic mass is 10.2. The molecular weight excluding hydrogens is 178 g/mol. The summed E-state index contributed by atoms with van der Waals surface area (Å²) in [7, 11) is 0. The summed E-state index contributed by atoms with van der Waals surface area (Å²) in [6.45, 7) is 0. The summed E-state index contributed by atoms with van der Waals surface area (Å²) in [5.41, 5.74) is 1.47. The molecule has 0 aliphatic carbocycles. The highest BCUT2D eigenvalue weighted by atomic mass is 16.1. The fraction of sp³-hybridized carbons (Fsp3) is 0.0909. The van der Waals surface area contributed by atoms with Gasteiger partial charge in [-0.2, -0.15) is 4.99 Å². The van der Waals surface area contributed by atoms with Gasteiger partial charge in [-0.15, -0.1) is 0 Å². The molecule has 1 aromatic carbocycles. The predicted molar refractivity (Wildman–Crippen MR) is 53.9 cm³/mol. The molecule has 0 heterocycles. The highest BCUT2D eigenvalue weighted by molar-refractivity contribution is 5.61. The minimum atomic E-state index is 0.390. The normalized spacial score (nSPS) is 9.71. The number of allylic oxidation sites excluding steroid dienone is 1. The van der Waals surface area contributed by atoms with Crippen LogP contribution < -0.4 is 0 Å². The monoisotopic (exact) mass is 187 g/mol. The second kappa shape index (κ2) is 5.62. The molecule has 0 bridgehead atoms. The summed E-state index contributed by atoms with van der Waals surface area (Å²) < 4.78 is 0. The number of rotatable bonds is 4. The number of carbonyl (C=O) groups is 1. The van der Waals surface area contributed by atoms with E-state index in [2.05, 4.69) is 4.99 Å². The van der Waals surface area contributed by atoms with Gasteiger partial charge in [-0.3, -0.25) is 0 Å². The van der Waals surface area contributed by atoms with E-state index in [1.807, 2.05) is 6.07 Å². The molecule has 0 aromatic heterocycles. The number of aldehydes is 1. The van der Waals surface area contributed by atoms with Crippen molar-refractivity contribution < 1.29 is 9.59 Å². The second-order valence-corrected chi connectivity index (χ2v) is 2.60. The number of benzene rings is 1. The molecule has 0 aliphatic heterocycles. The summed E-state index contributed by atoms with van der Waals surface area (Å²) >= 11 is 0. The first-order chi connectivity index (χ1) is 6.86. The van der Waals surface area contributed by atoms with Crippen LogP contribution in [0.1, 0.15) is 12.0 Å². The molecule has 0 spiro atoms. The molecule has 0 saturated heterocycles. The van der Waals surface area contributed by atoms with Crippen molar-refractivity contribution in [1.82, 2.24) is 0 Å². The van der Waals surface area contributed by atoms with Crippen molar-refractivity contribution in [3.05, 3.63) is 35.9 Å². The third-order valence-electron chi connectivity index (χ3n) is 1.59. The summed E-state index contributed by atoms with van der Waals surface area (Å²) in [4.78, 5) is 23.5. The average molecular weight is 187 g/mol. The lowest BCUT2D eigenvalue weighted by molar-refractivity contribution is -0.107. The standard InChI is InChI=1S/C11H9NO2/c13-7-2-1-4-10-5-3-6-11(8-10)12-9-14/h1,3-8H,2H2. The minimum absolute atomic E-state index is 0.390. The third kappa shape index (κ3) is 3.17. The number of aliphatic imine (C=N–C) groups is 1. The Morgan fingerprint density at radius 3 is 3.00 bits per heavy atom. The van der Waals surface area contributed by atoms with E-state index in [1.54, 1.807) is 30.4 Å². The summed E-state index contributed by atoms with van der Waals surface area (Å²) in [5, 5.41) is 0. The van der Waals surface area contributed by atoms with Crippen molar-refractivity contribution in [2.45, 2.75) is 6.42 Å². The summed E-state index contributed by atoms with van der Waals surface area (Å²) in [6, 6.07) is 7.11. The molecule has 70 valence electrons. The van der Waals surface area contributed by atoms with Crippen LogP contribution in [0.3, 0.4) is 0 Å². The lowest BCUT2D eigenvalue weighted by Gasteiger charge is -1.93. The molecule has 1 rings (SSSR count). The zero-order valence-corrected chi connectivity index (χ0v) is 7.51. The van der Waals surface area contributed by atoms with Crippen molar-refractivity contribution in [3.8, 4) is 0 Å². The fourth-order valence-corrected chi connectivity index (χ4v) is 1.01. The molecule has 0 saturated carbocycles. The maximum Gasteiger partial charge on any atom is 0.240 e. The van der Waals surface area contributed by atoms with Crippen LogP contribution in [0.2, 0.25) is 0 Å². The number of hydrogen-bond donors (Lipinski definition) is 0. The Labute approximate surface area is 81.8 Å². The van der Waals surface area contributed by atoms with Gasteiger partial charge in [0.25, 0.3) is 0 Å². The van der Waals surface area contributed by atoms with Crippen molar-refractivity contribution in [2.75, 3.05) is 0 Å². The van der Waals surface area contributed by atoms with E-state index in [0.717, 1.165) is 11.8 Å². The average Bonchev–Trinajstić information content (AvgIpc) is 2.19. The summed E-state index contributed by atoms with van der Waals surface area (Å²) in [6.07, 6.45) is 6.24. The first kappa shape index (κ1) is 10.1. The van der Waals surface area contributed by atoms with Gasteiger partial charge in [0.15, 0.2) is 0 Å². The van der Waals surface area contributed by atoms with E-state index in [4.69, 9.17) is 0 Å². The van der Waals surface area contributed by atoms with Crippen LogP contribution in [0.25, 0.3) is 6.08 Å². The van der Waals surface area contributed by atoms with Crippen LogP contribution in [0.4, 0.5) is 5.69 Å². The predicted octanol–water partition coefficient (Wildman–Crippen LogP) is 2.26. The molecule has 0 fully saturated rings. The van der Waals surface area contributed by atoms with Gasteiger partial charge < -0.3 is 4.79 Å². The van der Waals surface area contributed by atoms with Gasteiger partial charge in [0.05, 0.1) is 5.69 Å². The van der Waals surface area contributed by atoms with Crippen molar-refractivity contribution in [1.29, 1.82) is 0 Å². The first-order valence-corrected chi connectivity index (χ1v) is 4.15. The Bertz CT molecular complexity index is 390. The van der Waals surface area contributed by atoms with Gasteiger partial charge >= 0.3 is 0 Å².